The maximum absolute atomic E-state index is 15.1. The van der Waals surface area contributed by atoms with Crippen LogP contribution in [-0.2, 0) is 0 Å². The van der Waals surface area contributed by atoms with Gasteiger partial charge in [0.05, 0.1) is 0 Å². The zero-order valence-corrected chi connectivity index (χ0v) is 61.3. The molecule has 0 aliphatic heterocycles. The summed E-state index contributed by atoms with van der Waals surface area (Å²) in [6.45, 7) is 13.7. The van der Waals surface area contributed by atoms with Crippen LogP contribution in [0.15, 0.2) is 127 Å². The van der Waals surface area contributed by atoms with Crippen LogP contribution in [0.4, 0.5) is 13.2 Å². The molecule has 0 spiro atoms. The van der Waals surface area contributed by atoms with E-state index in [2.05, 4.69) is 133 Å². The zero-order chi connectivity index (χ0) is 67.0. The molecule has 0 radical (unpaired) electrons. The number of benzene rings is 6. The molecule has 6 saturated carbocycles. The SMILES string of the molecule is CCCC1CCC(c2ccc(-c3ccc(C4CCC(CCC)CC4)cc3F)cc2)CC1.CCCCC1CCC(c2ccc(-c3ccc(C4CCC(CCC)CC4)cc3)c(F)c2)CC1.CCCCCC1CCC(c2ccc(-c3ccc(C4CCC(CCC)CC4)cc3)c(F)c2)CC1. The number of unbranched alkanes of at least 4 members (excludes halogenated alkanes) is 3. The van der Waals surface area contributed by atoms with Gasteiger partial charge in [-0.3, -0.25) is 0 Å². The first-order valence-corrected chi connectivity index (χ1v) is 40.7. The fourth-order valence-electron chi connectivity index (χ4n) is 19.4. The summed E-state index contributed by atoms with van der Waals surface area (Å²) in [5.41, 5.74) is 13.3. The highest BCUT2D eigenvalue weighted by Gasteiger charge is 2.29. The molecule has 522 valence electrons. The van der Waals surface area contributed by atoms with Gasteiger partial charge in [0.15, 0.2) is 0 Å². The number of hydrogen-bond donors (Lipinski definition) is 0. The molecule has 0 amide bonds. The van der Waals surface area contributed by atoms with Gasteiger partial charge in [0.25, 0.3) is 0 Å². The van der Waals surface area contributed by atoms with E-state index in [4.69, 9.17) is 0 Å². The number of hydrogen-bond acceptors (Lipinski definition) is 0. The molecular weight excluding hydrogens is 1170 g/mol. The summed E-state index contributed by atoms with van der Waals surface area (Å²) < 4.78 is 45.3. The van der Waals surface area contributed by atoms with Crippen molar-refractivity contribution in [2.75, 3.05) is 0 Å². The molecule has 3 heteroatoms. The molecule has 0 N–H and O–H groups in total. The van der Waals surface area contributed by atoms with Gasteiger partial charge in [-0.1, -0.05) is 247 Å². The van der Waals surface area contributed by atoms with E-state index in [-0.39, 0.29) is 17.5 Å². The van der Waals surface area contributed by atoms with E-state index in [1.54, 1.807) is 0 Å². The molecule has 0 nitrogen and oxygen atoms in total. The highest BCUT2D eigenvalue weighted by atomic mass is 19.1. The van der Waals surface area contributed by atoms with E-state index in [0.29, 0.717) is 35.5 Å². The van der Waals surface area contributed by atoms with Crippen LogP contribution in [0.2, 0.25) is 0 Å². The lowest BCUT2D eigenvalue weighted by Crippen LogP contribution is -2.13. The van der Waals surface area contributed by atoms with Gasteiger partial charge in [-0.15, -0.1) is 0 Å². The first-order valence-electron chi connectivity index (χ1n) is 40.7. The first kappa shape index (κ1) is 73.8. The summed E-state index contributed by atoms with van der Waals surface area (Å²) in [7, 11) is 0. The van der Waals surface area contributed by atoms with Crippen LogP contribution in [0.5, 0.6) is 0 Å². The molecule has 6 fully saturated rings. The molecule has 0 saturated heterocycles. The van der Waals surface area contributed by atoms with E-state index in [9.17, 15) is 0 Å². The molecule has 0 heterocycles. The Kier molecular flexibility index (Phi) is 29.7. The van der Waals surface area contributed by atoms with Gasteiger partial charge in [-0.25, -0.2) is 13.2 Å². The third kappa shape index (κ3) is 21.1. The van der Waals surface area contributed by atoms with E-state index in [0.717, 1.165) is 68.9 Å². The maximum Gasteiger partial charge on any atom is 0.131 e. The minimum atomic E-state index is -0.0546. The van der Waals surface area contributed by atoms with Crippen LogP contribution < -0.4 is 0 Å². The van der Waals surface area contributed by atoms with Gasteiger partial charge in [0, 0.05) is 16.7 Å². The molecule has 6 aromatic rings. The van der Waals surface area contributed by atoms with Crippen molar-refractivity contribution >= 4 is 0 Å². The Morgan fingerprint density at radius 3 is 0.646 bits per heavy atom. The molecule has 12 rings (SSSR count). The largest absolute Gasteiger partial charge is 0.206 e. The van der Waals surface area contributed by atoms with Crippen LogP contribution in [0, 0.1) is 53.0 Å². The van der Waals surface area contributed by atoms with Crippen molar-refractivity contribution in [2.45, 2.75) is 327 Å². The Hall–Kier alpha value is -4.89. The Labute approximate surface area is 584 Å². The van der Waals surface area contributed by atoms with Crippen molar-refractivity contribution in [3.05, 3.63) is 178 Å². The predicted molar refractivity (Wildman–Crippen MR) is 407 cm³/mol. The summed E-state index contributed by atoms with van der Waals surface area (Å²) in [6.07, 6.45) is 51.6. The molecule has 0 atom stereocenters. The van der Waals surface area contributed by atoms with Gasteiger partial charge in [0.2, 0.25) is 0 Å². The lowest BCUT2D eigenvalue weighted by atomic mass is 9.76. The number of halogens is 3. The smallest absolute Gasteiger partial charge is 0.131 e. The van der Waals surface area contributed by atoms with Crippen LogP contribution in [0.1, 0.15) is 361 Å². The molecule has 6 aliphatic carbocycles. The highest BCUT2D eigenvalue weighted by Crippen LogP contribution is 2.45. The first-order chi connectivity index (χ1) is 47.0. The van der Waals surface area contributed by atoms with E-state index in [1.165, 1.54) is 284 Å². The lowest BCUT2D eigenvalue weighted by molar-refractivity contribution is 0.302. The summed E-state index contributed by atoms with van der Waals surface area (Å²) in [5, 5.41) is 0. The van der Waals surface area contributed by atoms with E-state index >= 15 is 13.2 Å². The predicted octanol–water partition coefficient (Wildman–Crippen LogP) is 30.1. The quantitative estimate of drug-likeness (QED) is 0.0530. The third-order valence-electron chi connectivity index (χ3n) is 25.5. The lowest BCUT2D eigenvalue weighted by Gasteiger charge is -2.29. The monoisotopic (exact) mass is 1300 g/mol. The minimum absolute atomic E-state index is 0.0506. The molecule has 0 bridgehead atoms. The summed E-state index contributed by atoms with van der Waals surface area (Å²) in [4.78, 5) is 0. The van der Waals surface area contributed by atoms with E-state index < -0.39 is 0 Å². The topological polar surface area (TPSA) is 0 Å². The van der Waals surface area contributed by atoms with Crippen molar-refractivity contribution in [3.8, 4) is 33.4 Å². The Morgan fingerprint density at radius 2 is 0.427 bits per heavy atom. The standard InChI is InChI=1S/C32H45F.C31H43F.C30H41F/c1-3-5-6-8-25-11-15-28(16-12-25)30-21-22-31(32(33)23-30)29-19-17-27(18-20-29)26-13-9-24(7-4-2)10-14-26;1-3-5-7-24-10-14-27(15-11-24)29-20-21-30(31(32)22-29)28-18-16-26(17-19-28)25-12-8-23(6-4-2)9-13-25;1-3-5-22-7-11-24(12-8-22)25-15-17-27(18-16-25)29-20-19-28(21-30(29)31)26-13-9-23(6-4-2)10-14-26/h17-26,28H,3-16H2,1-2H3;16-25,27H,3-15H2,1-2H3;15-24,26H,3-14H2,1-2H3. The van der Waals surface area contributed by atoms with Gasteiger partial charge in [-0.2, -0.15) is 0 Å². The Bertz CT molecular complexity index is 3140. The third-order valence-corrected chi connectivity index (χ3v) is 25.5. The van der Waals surface area contributed by atoms with Crippen molar-refractivity contribution in [2.24, 2.45) is 35.5 Å². The maximum atomic E-state index is 15.1. The zero-order valence-electron chi connectivity index (χ0n) is 61.3. The second-order valence-electron chi connectivity index (χ2n) is 32.2. The summed E-state index contributed by atoms with van der Waals surface area (Å²) in [5.74, 6) is 9.06. The average molecular weight is 1300 g/mol. The Balaban J connectivity index is 0.000000157. The summed E-state index contributed by atoms with van der Waals surface area (Å²) >= 11 is 0. The van der Waals surface area contributed by atoms with Crippen molar-refractivity contribution in [1.82, 2.24) is 0 Å². The molecule has 6 aliphatic rings. The normalized spacial score (nSPS) is 26.2. The second-order valence-corrected chi connectivity index (χ2v) is 32.2. The molecule has 0 unspecified atom stereocenters. The second kappa shape index (κ2) is 38.6. The number of rotatable bonds is 24. The highest BCUT2D eigenvalue weighted by molar-refractivity contribution is 5.67. The van der Waals surface area contributed by atoms with Crippen LogP contribution in [0.3, 0.4) is 0 Å². The van der Waals surface area contributed by atoms with Gasteiger partial charge >= 0.3 is 0 Å². The molecule has 0 aromatic heterocycles. The molecule has 96 heavy (non-hydrogen) atoms. The molecule has 6 aromatic carbocycles. The minimum Gasteiger partial charge on any atom is -0.206 e. The van der Waals surface area contributed by atoms with Crippen LogP contribution >= 0.6 is 0 Å². The fraction of sp³-hybridized carbons (Fsp3) is 0.613. The fourth-order valence-corrected chi connectivity index (χ4v) is 19.4. The summed E-state index contributed by atoms with van der Waals surface area (Å²) in [6, 6.07) is 44.5. The molecular formula is C93H129F3. The van der Waals surface area contributed by atoms with Gasteiger partial charge in [-0.05, 0) is 293 Å². The average Bonchev–Trinajstić information content (AvgIpc) is 0.854. The van der Waals surface area contributed by atoms with Gasteiger partial charge in [0.1, 0.15) is 17.5 Å². The van der Waals surface area contributed by atoms with Crippen LogP contribution in [0.25, 0.3) is 33.4 Å². The van der Waals surface area contributed by atoms with Crippen molar-refractivity contribution in [1.29, 1.82) is 0 Å². The van der Waals surface area contributed by atoms with Crippen LogP contribution in [-0.4, -0.2) is 0 Å². The Morgan fingerprint density at radius 1 is 0.219 bits per heavy atom. The van der Waals surface area contributed by atoms with Crippen molar-refractivity contribution in [3.63, 3.8) is 0 Å². The van der Waals surface area contributed by atoms with Crippen molar-refractivity contribution < 1.29 is 13.2 Å². The van der Waals surface area contributed by atoms with Gasteiger partial charge < -0.3 is 0 Å². The van der Waals surface area contributed by atoms with E-state index in [1.807, 2.05) is 36.4 Å².